The summed E-state index contributed by atoms with van der Waals surface area (Å²) in [5.41, 5.74) is 0. The first-order valence-corrected chi connectivity index (χ1v) is 5.83. The second-order valence-electron chi connectivity index (χ2n) is 3.19. The molecule has 16 heavy (non-hydrogen) atoms. The zero-order valence-electron chi connectivity index (χ0n) is 9.52. The minimum absolute atomic E-state index is 0.282. The van der Waals surface area contributed by atoms with E-state index in [2.05, 4.69) is 21.9 Å². The van der Waals surface area contributed by atoms with Crippen molar-refractivity contribution in [3.05, 3.63) is 18.7 Å². The molecule has 1 aromatic rings. The van der Waals surface area contributed by atoms with Crippen LogP contribution in [0.15, 0.2) is 23.9 Å². The highest BCUT2D eigenvalue weighted by atomic mass is 32.2. The van der Waals surface area contributed by atoms with Gasteiger partial charge in [-0.2, -0.15) is 0 Å². The minimum atomic E-state index is -0.282. The Bertz CT molecular complexity index is 406. The summed E-state index contributed by atoms with van der Waals surface area (Å²) in [7, 11) is 3.76. The van der Waals surface area contributed by atoms with E-state index >= 15 is 0 Å². The second kappa shape index (κ2) is 5.50. The molecule has 1 aromatic heterocycles. The molecule has 0 fully saturated rings. The number of aromatic nitrogens is 2. The van der Waals surface area contributed by atoms with Crippen LogP contribution in [-0.2, 0) is 4.79 Å². The topological polar surface area (TPSA) is 58.1 Å². The zero-order chi connectivity index (χ0) is 12.1. The maximum atomic E-state index is 11.2. The van der Waals surface area contributed by atoms with E-state index < -0.39 is 0 Å². The predicted octanol–water partition coefficient (Wildman–Crippen LogP) is 1.39. The summed E-state index contributed by atoms with van der Waals surface area (Å²) in [6.45, 7) is 3.39. The number of nitrogens with zero attached hydrogens (tertiary/aromatic N) is 3. The molecule has 0 aliphatic rings. The number of anilines is 2. The molecule has 1 rings (SSSR count). The lowest BCUT2D eigenvalue weighted by Gasteiger charge is -2.13. The zero-order valence-corrected chi connectivity index (χ0v) is 10.3. The third-order valence-corrected chi connectivity index (χ3v) is 2.32. The smallest absolute Gasteiger partial charge is 0.248 e. The van der Waals surface area contributed by atoms with Gasteiger partial charge in [-0.15, -0.1) is 0 Å². The summed E-state index contributed by atoms with van der Waals surface area (Å²) in [6, 6.07) is 1.71. The molecule has 0 radical (unpaired) electrons. The van der Waals surface area contributed by atoms with Gasteiger partial charge in [0.25, 0.3) is 0 Å². The molecular formula is C10H14N4OS. The molecule has 6 heteroatoms. The van der Waals surface area contributed by atoms with Gasteiger partial charge in [-0.05, 0) is 12.3 Å². The first kappa shape index (κ1) is 12.5. The lowest BCUT2D eigenvalue weighted by molar-refractivity contribution is -0.111. The lowest BCUT2D eigenvalue weighted by Crippen LogP contribution is -2.14. The van der Waals surface area contributed by atoms with E-state index in [-0.39, 0.29) is 5.91 Å². The van der Waals surface area contributed by atoms with Crippen molar-refractivity contribution in [3.8, 4) is 0 Å². The minimum Gasteiger partial charge on any atom is -0.363 e. The average molecular weight is 238 g/mol. The fraction of sp³-hybridized carbons (Fsp3) is 0.300. The first-order chi connectivity index (χ1) is 7.56. The first-order valence-electron chi connectivity index (χ1n) is 4.60. The van der Waals surface area contributed by atoms with Gasteiger partial charge in [0.05, 0.1) is 0 Å². The molecule has 0 aromatic carbocycles. The van der Waals surface area contributed by atoms with E-state index in [1.165, 1.54) is 17.8 Å². The van der Waals surface area contributed by atoms with Crippen LogP contribution in [0, 0.1) is 0 Å². The Morgan fingerprint density at radius 2 is 2.25 bits per heavy atom. The van der Waals surface area contributed by atoms with Gasteiger partial charge >= 0.3 is 0 Å². The van der Waals surface area contributed by atoms with Crippen LogP contribution in [-0.4, -0.2) is 36.2 Å². The van der Waals surface area contributed by atoms with E-state index in [0.717, 1.165) is 5.82 Å². The van der Waals surface area contributed by atoms with Crippen LogP contribution >= 0.6 is 11.8 Å². The Balaban J connectivity index is 3.03. The van der Waals surface area contributed by atoms with Crippen molar-refractivity contribution < 1.29 is 4.79 Å². The van der Waals surface area contributed by atoms with Crippen molar-refractivity contribution in [2.45, 2.75) is 5.16 Å². The number of hydrogen-bond acceptors (Lipinski definition) is 5. The number of rotatable bonds is 4. The van der Waals surface area contributed by atoms with Crippen molar-refractivity contribution in [2.24, 2.45) is 0 Å². The Morgan fingerprint density at radius 3 is 2.75 bits per heavy atom. The van der Waals surface area contributed by atoms with Crippen LogP contribution < -0.4 is 10.2 Å². The number of nitrogens with one attached hydrogen (secondary N) is 1. The molecule has 0 aliphatic carbocycles. The molecule has 0 spiro atoms. The largest absolute Gasteiger partial charge is 0.363 e. The van der Waals surface area contributed by atoms with Crippen molar-refractivity contribution in [1.82, 2.24) is 9.97 Å². The van der Waals surface area contributed by atoms with Crippen LogP contribution in [0.3, 0.4) is 0 Å². The molecule has 1 heterocycles. The van der Waals surface area contributed by atoms with Gasteiger partial charge < -0.3 is 10.2 Å². The summed E-state index contributed by atoms with van der Waals surface area (Å²) < 4.78 is 0. The third-order valence-electron chi connectivity index (χ3n) is 1.77. The van der Waals surface area contributed by atoms with Gasteiger partial charge in [-0.3, -0.25) is 4.79 Å². The molecule has 0 atom stereocenters. The Kier molecular flexibility index (Phi) is 4.30. The van der Waals surface area contributed by atoms with E-state index in [1.807, 2.05) is 25.3 Å². The SMILES string of the molecule is C=CC(=O)Nc1cc(N(C)C)nc(SC)n1. The molecule has 0 saturated carbocycles. The Morgan fingerprint density at radius 1 is 1.56 bits per heavy atom. The fourth-order valence-corrected chi connectivity index (χ4v) is 1.35. The van der Waals surface area contributed by atoms with Gasteiger partial charge in [0, 0.05) is 20.2 Å². The molecule has 0 bridgehead atoms. The van der Waals surface area contributed by atoms with Crippen LogP contribution in [0.25, 0.3) is 0 Å². The van der Waals surface area contributed by atoms with Crippen molar-refractivity contribution in [2.75, 3.05) is 30.6 Å². The predicted molar refractivity (Wildman–Crippen MR) is 67.0 cm³/mol. The highest BCUT2D eigenvalue weighted by Crippen LogP contribution is 2.18. The van der Waals surface area contributed by atoms with Gasteiger partial charge in [-0.25, -0.2) is 9.97 Å². The molecule has 1 amide bonds. The number of carbonyl (C=O) groups excluding carboxylic acids is 1. The average Bonchev–Trinajstić information content (AvgIpc) is 2.28. The molecular weight excluding hydrogens is 224 g/mol. The standard InChI is InChI=1S/C10H14N4OS/c1-5-9(15)11-7-6-8(14(2)3)13-10(12-7)16-4/h5-6H,1H2,2-4H3,(H,11,12,13,15). The van der Waals surface area contributed by atoms with Crippen LogP contribution in [0.2, 0.25) is 0 Å². The molecule has 0 unspecified atom stereocenters. The van der Waals surface area contributed by atoms with Gasteiger partial charge in [0.15, 0.2) is 5.16 Å². The summed E-state index contributed by atoms with van der Waals surface area (Å²) >= 11 is 1.42. The van der Waals surface area contributed by atoms with Crippen LogP contribution in [0.4, 0.5) is 11.6 Å². The van der Waals surface area contributed by atoms with Crippen LogP contribution in [0.1, 0.15) is 0 Å². The number of thioether (sulfide) groups is 1. The maximum absolute atomic E-state index is 11.2. The molecule has 0 aliphatic heterocycles. The normalized spacial score (nSPS) is 9.69. The fourth-order valence-electron chi connectivity index (χ4n) is 0.975. The summed E-state index contributed by atoms with van der Waals surface area (Å²) in [4.78, 5) is 21.5. The van der Waals surface area contributed by atoms with Gasteiger partial charge in [0.2, 0.25) is 5.91 Å². The quantitative estimate of drug-likeness (QED) is 0.488. The summed E-state index contributed by atoms with van der Waals surface area (Å²) in [5, 5.41) is 3.23. The van der Waals surface area contributed by atoms with Gasteiger partial charge in [-0.1, -0.05) is 18.3 Å². The highest BCUT2D eigenvalue weighted by molar-refractivity contribution is 7.98. The summed E-state index contributed by atoms with van der Waals surface area (Å²) in [6.07, 6.45) is 3.09. The van der Waals surface area contributed by atoms with E-state index in [0.29, 0.717) is 11.0 Å². The van der Waals surface area contributed by atoms with Crippen molar-refractivity contribution >= 4 is 29.3 Å². The van der Waals surface area contributed by atoms with Crippen LogP contribution in [0.5, 0.6) is 0 Å². The molecule has 86 valence electrons. The lowest BCUT2D eigenvalue weighted by atomic mass is 10.4. The summed E-state index contributed by atoms with van der Waals surface area (Å²) in [5.74, 6) is 0.946. The highest BCUT2D eigenvalue weighted by Gasteiger charge is 2.06. The third kappa shape index (κ3) is 3.23. The van der Waals surface area contributed by atoms with E-state index in [1.54, 1.807) is 6.07 Å². The van der Waals surface area contributed by atoms with E-state index in [4.69, 9.17) is 0 Å². The Hall–Kier alpha value is -1.56. The molecule has 0 saturated heterocycles. The second-order valence-corrected chi connectivity index (χ2v) is 3.96. The Labute approximate surface area is 99.0 Å². The molecule has 5 nitrogen and oxygen atoms in total. The number of hydrogen-bond donors (Lipinski definition) is 1. The van der Waals surface area contributed by atoms with Crippen molar-refractivity contribution in [3.63, 3.8) is 0 Å². The maximum Gasteiger partial charge on any atom is 0.248 e. The van der Waals surface area contributed by atoms with E-state index in [9.17, 15) is 4.79 Å². The number of amides is 1. The van der Waals surface area contributed by atoms with Crippen molar-refractivity contribution in [1.29, 1.82) is 0 Å². The molecule has 1 N–H and O–H groups in total. The monoisotopic (exact) mass is 238 g/mol. The van der Waals surface area contributed by atoms with Gasteiger partial charge in [0.1, 0.15) is 11.6 Å². The number of carbonyl (C=O) groups is 1.